The van der Waals surface area contributed by atoms with Gasteiger partial charge >= 0.3 is 0 Å². The normalized spacial score (nSPS) is 19.1. The molecule has 6 aromatic carbocycles. The fourth-order valence-corrected chi connectivity index (χ4v) is 13.6. The van der Waals surface area contributed by atoms with Gasteiger partial charge in [0.2, 0.25) is 0 Å². The smallest absolute Gasteiger partial charge is 0.289 e. The fourth-order valence-electron chi connectivity index (χ4n) is 7.58. The maximum absolute atomic E-state index is 15.7. The van der Waals surface area contributed by atoms with Gasteiger partial charge in [0.15, 0.2) is 0 Å². The van der Waals surface area contributed by atoms with Gasteiger partial charge in [0, 0.05) is 16.7 Å². The molecule has 0 bridgehead atoms. The van der Waals surface area contributed by atoms with Gasteiger partial charge in [0.1, 0.15) is 22.9 Å². The molecule has 5 nitrogen and oxygen atoms in total. The van der Waals surface area contributed by atoms with E-state index in [-0.39, 0.29) is 11.7 Å². The number of hydrogen-bond acceptors (Lipinski definition) is 5. The monoisotopic (exact) mass is 740 g/mol. The van der Waals surface area contributed by atoms with E-state index in [9.17, 15) is 5.11 Å². The lowest BCUT2D eigenvalue weighted by atomic mass is 9.97. The van der Waals surface area contributed by atoms with Crippen LogP contribution in [0.4, 0.5) is 0 Å². The molecule has 0 saturated heterocycles. The van der Waals surface area contributed by atoms with E-state index in [1.807, 2.05) is 146 Å². The summed E-state index contributed by atoms with van der Waals surface area (Å²) in [7, 11) is -7.23. The lowest BCUT2D eigenvalue weighted by Crippen LogP contribution is -2.25. The molecule has 53 heavy (non-hydrogen) atoms. The molecule has 2 aliphatic heterocycles. The van der Waals surface area contributed by atoms with Gasteiger partial charge in [-0.25, -0.2) is 0 Å². The number of aryl methyl sites for hydroxylation is 1. The number of phenols is 1. The van der Waals surface area contributed by atoms with Crippen molar-refractivity contribution < 1.29 is 23.3 Å². The second-order valence-electron chi connectivity index (χ2n) is 14.2. The fraction of sp³-hybridized carbons (Fsp3) is 0.217. The van der Waals surface area contributed by atoms with Gasteiger partial charge in [0.25, 0.3) is 14.7 Å². The Bertz CT molecular complexity index is 2360. The molecular weight excluding hydrogens is 694 g/mol. The van der Waals surface area contributed by atoms with Crippen LogP contribution in [0.25, 0.3) is 22.3 Å². The van der Waals surface area contributed by atoms with Crippen molar-refractivity contribution in [3.05, 3.63) is 162 Å². The number of unbranched alkanes of at least 4 members (excludes halogenated alkanes) is 1. The molecule has 4 atom stereocenters. The highest BCUT2D eigenvalue weighted by Crippen LogP contribution is 2.68. The summed E-state index contributed by atoms with van der Waals surface area (Å²) in [6, 6.07) is 44.3. The van der Waals surface area contributed by atoms with E-state index in [1.54, 1.807) is 0 Å². The Morgan fingerprint density at radius 3 is 1.53 bits per heavy atom. The zero-order valence-electron chi connectivity index (χ0n) is 30.9. The molecule has 0 fully saturated rings. The average Bonchev–Trinajstić information content (AvgIpc) is 3.17. The molecule has 0 saturated carbocycles. The number of rotatable bonds is 7. The van der Waals surface area contributed by atoms with Crippen molar-refractivity contribution >= 4 is 25.3 Å². The molecule has 1 N–H and O–H groups in total. The Balaban J connectivity index is 0.00000104. The Morgan fingerprint density at radius 1 is 0.547 bits per heavy atom. The predicted molar refractivity (Wildman–Crippen MR) is 219 cm³/mol. The molecule has 8 rings (SSSR count). The van der Waals surface area contributed by atoms with Gasteiger partial charge in [-0.2, -0.15) is 0 Å². The number of fused-ring (bicyclic) bond motifs is 6. The molecular formula is C46H46O5P2. The number of phenolic OH excluding ortho intramolecular Hbond substituents is 1. The SMILES string of the molecule is CCCC.Cc1cccc(C(c2ccc(C(C(C)C)P3(=O)Oc4ccccc4-c4ccccc43)cc2)P2(=O)Oc3ccccc3-c3ccccc32)c1O. The third-order valence-electron chi connectivity index (χ3n) is 10.3. The van der Waals surface area contributed by atoms with Crippen LogP contribution in [-0.2, 0) is 9.13 Å². The first-order valence-corrected chi connectivity index (χ1v) is 21.9. The molecule has 6 aromatic rings. The highest BCUT2D eigenvalue weighted by molar-refractivity contribution is 7.68. The van der Waals surface area contributed by atoms with E-state index in [0.717, 1.165) is 33.4 Å². The van der Waals surface area contributed by atoms with Crippen LogP contribution < -0.4 is 19.7 Å². The zero-order chi connectivity index (χ0) is 37.3. The zero-order valence-corrected chi connectivity index (χ0v) is 32.7. The molecule has 4 unspecified atom stereocenters. The maximum Gasteiger partial charge on any atom is 0.289 e. The van der Waals surface area contributed by atoms with Crippen LogP contribution in [0.1, 0.15) is 74.1 Å². The lowest BCUT2D eigenvalue weighted by Gasteiger charge is -2.36. The van der Waals surface area contributed by atoms with Crippen molar-refractivity contribution in [3.8, 4) is 39.5 Å². The number of hydrogen-bond donors (Lipinski definition) is 1. The van der Waals surface area contributed by atoms with Crippen molar-refractivity contribution in [2.45, 2.75) is 58.8 Å². The molecule has 0 radical (unpaired) electrons. The molecule has 0 aliphatic carbocycles. The quantitative estimate of drug-likeness (QED) is 0.165. The summed E-state index contributed by atoms with van der Waals surface area (Å²) in [5, 5.41) is 12.8. The van der Waals surface area contributed by atoms with Crippen LogP contribution >= 0.6 is 14.7 Å². The largest absolute Gasteiger partial charge is 0.507 e. The van der Waals surface area contributed by atoms with Crippen molar-refractivity contribution in [3.63, 3.8) is 0 Å². The van der Waals surface area contributed by atoms with Crippen LogP contribution in [0, 0.1) is 12.8 Å². The van der Waals surface area contributed by atoms with Gasteiger partial charge in [-0.05, 0) is 64.9 Å². The molecule has 2 heterocycles. The minimum absolute atomic E-state index is 0.0324. The van der Waals surface area contributed by atoms with Crippen molar-refractivity contribution in [2.75, 3.05) is 0 Å². The summed E-state index contributed by atoms with van der Waals surface area (Å²) in [6.45, 7) is 10.3. The van der Waals surface area contributed by atoms with Gasteiger partial charge in [-0.15, -0.1) is 0 Å². The average molecular weight is 741 g/mol. The molecule has 0 spiro atoms. The summed E-state index contributed by atoms with van der Waals surface area (Å²) < 4.78 is 44.1. The Morgan fingerprint density at radius 2 is 1.00 bits per heavy atom. The van der Waals surface area contributed by atoms with Crippen LogP contribution in [0.15, 0.2) is 140 Å². The first kappa shape index (κ1) is 36.5. The molecule has 2 aliphatic rings. The summed E-state index contributed by atoms with van der Waals surface area (Å²) in [5.74, 6) is 1.22. The first-order valence-electron chi connectivity index (χ1n) is 18.5. The lowest BCUT2D eigenvalue weighted by molar-refractivity contribution is 0.455. The Hall–Kier alpha value is -4.82. The van der Waals surface area contributed by atoms with E-state index in [2.05, 4.69) is 27.7 Å². The van der Waals surface area contributed by atoms with E-state index < -0.39 is 26.1 Å². The number of benzene rings is 6. The number of aromatic hydroxyl groups is 1. The third kappa shape index (κ3) is 6.45. The van der Waals surface area contributed by atoms with Gasteiger partial charge in [-0.3, -0.25) is 9.13 Å². The summed E-state index contributed by atoms with van der Waals surface area (Å²) in [6.07, 6.45) is 2.64. The van der Waals surface area contributed by atoms with Gasteiger partial charge < -0.3 is 14.2 Å². The van der Waals surface area contributed by atoms with Crippen molar-refractivity contribution in [2.24, 2.45) is 5.92 Å². The molecule has 0 aromatic heterocycles. The van der Waals surface area contributed by atoms with Crippen LogP contribution in [-0.4, -0.2) is 5.11 Å². The summed E-state index contributed by atoms with van der Waals surface area (Å²) >= 11 is 0. The summed E-state index contributed by atoms with van der Waals surface area (Å²) in [4.78, 5) is 0. The third-order valence-corrected chi connectivity index (χ3v) is 16.2. The van der Waals surface area contributed by atoms with Crippen LogP contribution in [0.2, 0.25) is 0 Å². The topological polar surface area (TPSA) is 72.8 Å². The Kier molecular flexibility index (Phi) is 10.3. The standard InChI is InChI=1S/C42H36O5P2.C4H10/c1-27(2)41(48(44)38-21-10-6-16-33(38)31-14-4-8-19-36(31)46-48)29-23-25-30(26-24-29)42(35-18-12-13-28(3)40(35)43)49(45)39-22-11-7-17-34(39)32-15-5-9-20-37(32)47-49;1-3-4-2/h4-27,41-43H,1-3H3;3-4H2,1-2H3. The minimum Gasteiger partial charge on any atom is -0.507 e. The van der Waals surface area contributed by atoms with Gasteiger partial charge in [0.05, 0.1) is 16.3 Å². The molecule has 0 amide bonds. The van der Waals surface area contributed by atoms with E-state index in [4.69, 9.17) is 9.05 Å². The first-order chi connectivity index (χ1) is 25.6. The second kappa shape index (κ2) is 14.9. The summed E-state index contributed by atoms with van der Waals surface area (Å²) in [5.41, 5.74) is 5.12. The van der Waals surface area contributed by atoms with Crippen molar-refractivity contribution in [1.82, 2.24) is 0 Å². The van der Waals surface area contributed by atoms with E-state index in [1.165, 1.54) is 12.8 Å². The molecule has 270 valence electrons. The maximum atomic E-state index is 15.7. The highest BCUT2D eigenvalue weighted by Gasteiger charge is 2.47. The van der Waals surface area contributed by atoms with Crippen LogP contribution in [0.5, 0.6) is 17.2 Å². The minimum atomic E-state index is -3.75. The Labute approximate surface area is 313 Å². The second-order valence-corrected chi connectivity index (χ2v) is 19.0. The van der Waals surface area contributed by atoms with E-state index >= 15 is 9.13 Å². The van der Waals surface area contributed by atoms with E-state index in [0.29, 0.717) is 33.2 Å². The molecule has 7 heteroatoms. The van der Waals surface area contributed by atoms with Crippen molar-refractivity contribution in [1.29, 1.82) is 0 Å². The van der Waals surface area contributed by atoms with Gasteiger partial charge in [-0.1, -0.05) is 156 Å². The van der Waals surface area contributed by atoms with Crippen LogP contribution in [0.3, 0.4) is 0 Å². The number of para-hydroxylation sites is 3. The predicted octanol–water partition coefficient (Wildman–Crippen LogP) is 12.6. The highest BCUT2D eigenvalue weighted by atomic mass is 31.2.